The van der Waals surface area contributed by atoms with Gasteiger partial charge in [0.2, 0.25) is 0 Å². The third kappa shape index (κ3) is 4.01. The molecular weight excluding hydrogens is 415 g/mol. The standard InChI is InChI=1S/C28H21FN2O2/c29-21-14-15-25-24(18-21)28(33)31(27(30-25)23-12-6-7-13-26(23)32)17-16-20-10-4-5-11-22(20)19-8-2-1-3-9-19/h1-15,18,32H,16-17H2. The minimum atomic E-state index is -0.488. The molecule has 0 amide bonds. The first-order valence-electron chi connectivity index (χ1n) is 10.7. The van der Waals surface area contributed by atoms with E-state index in [9.17, 15) is 14.3 Å². The molecule has 0 aliphatic rings. The lowest BCUT2D eigenvalue weighted by Gasteiger charge is -2.16. The molecule has 0 fully saturated rings. The van der Waals surface area contributed by atoms with Crippen LogP contribution in [0.25, 0.3) is 33.4 Å². The second kappa shape index (κ2) is 8.71. The van der Waals surface area contributed by atoms with E-state index < -0.39 is 5.82 Å². The predicted octanol–water partition coefficient (Wildman–Crippen LogP) is 5.82. The first-order chi connectivity index (χ1) is 16.1. The molecule has 33 heavy (non-hydrogen) atoms. The van der Waals surface area contributed by atoms with E-state index in [2.05, 4.69) is 23.2 Å². The monoisotopic (exact) mass is 436 g/mol. The van der Waals surface area contributed by atoms with Crippen LogP contribution in [-0.4, -0.2) is 14.7 Å². The lowest BCUT2D eigenvalue weighted by Crippen LogP contribution is -2.24. The topological polar surface area (TPSA) is 55.1 Å². The van der Waals surface area contributed by atoms with Crippen LogP contribution >= 0.6 is 0 Å². The third-order valence-electron chi connectivity index (χ3n) is 5.77. The molecule has 1 N–H and O–H groups in total. The van der Waals surface area contributed by atoms with Crippen molar-refractivity contribution in [3.05, 3.63) is 119 Å². The molecule has 5 aromatic rings. The number of phenols is 1. The molecule has 162 valence electrons. The molecule has 0 unspecified atom stereocenters. The molecule has 0 radical (unpaired) electrons. The van der Waals surface area contributed by atoms with Crippen molar-refractivity contribution in [3.8, 4) is 28.3 Å². The summed E-state index contributed by atoms with van der Waals surface area (Å²) in [4.78, 5) is 18.1. The highest BCUT2D eigenvalue weighted by molar-refractivity contribution is 5.80. The third-order valence-corrected chi connectivity index (χ3v) is 5.77. The van der Waals surface area contributed by atoms with Crippen LogP contribution in [0.15, 0.2) is 102 Å². The van der Waals surface area contributed by atoms with Crippen LogP contribution in [0.1, 0.15) is 5.56 Å². The number of aromatic hydroxyl groups is 1. The van der Waals surface area contributed by atoms with Crippen molar-refractivity contribution in [2.24, 2.45) is 0 Å². The van der Waals surface area contributed by atoms with Crippen molar-refractivity contribution in [1.29, 1.82) is 0 Å². The van der Waals surface area contributed by atoms with Gasteiger partial charge in [-0.3, -0.25) is 9.36 Å². The molecule has 4 nitrogen and oxygen atoms in total. The molecule has 4 aromatic carbocycles. The van der Waals surface area contributed by atoms with Gasteiger partial charge in [-0.05, 0) is 53.4 Å². The summed E-state index contributed by atoms with van der Waals surface area (Å²) >= 11 is 0. The van der Waals surface area contributed by atoms with Gasteiger partial charge < -0.3 is 5.11 Å². The summed E-state index contributed by atoms with van der Waals surface area (Å²) in [6.45, 7) is 0.325. The maximum Gasteiger partial charge on any atom is 0.261 e. The van der Waals surface area contributed by atoms with Crippen molar-refractivity contribution in [2.45, 2.75) is 13.0 Å². The Balaban J connectivity index is 1.63. The first kappa shape index (κ1) is 20.6. The van der Waals surface area contributed by atoms with E-state index in [1.54, 1.807) is 24.3 Å². The fourth-order valence-corrected chi connectivity index (χ4v) is 4.14. The maximum absolute atomic E-state index is 13.9. The molecule has 0 aliphatic heterocycles. The van der Waals surface area contributed by atoms with Crippen molar-refractivity contribution in [3.63, 3.8) is 0 Å². The highest BCUT2D eigenvalue weighted by Crippen LogP contribution is 2.29. The smallest absolute Gasteiger partial charge is 0.261 e. The highest BCUT2D eigenvalue weighted by Gasteiger charge is 2.16. The van der Waals surface area contributed by atoms with Crippen molar-refractivity contribution in [2.75, 3.05) is 0 Å². The van der Waals surface area contributed by atoms with Gasteiger partial charge in [-0.25, -0.2) is 9.37 Å². The van der Waals surface area contributed by atoms with Crippen LogP contribution in [-0.2, 0) is 13.0 Å². The number of rotatable bonds is 5. The average molecular weight is 436 g/mol. The fraction of sp³-hybridized carbons (Fsp3) is 0.0714. The van der Waals surface area contributed by atoms with Gasteiger partial charge in [0.1, 0.15) is 17.4 Å². The lowest BCUT2D eigenvalue weighted by molar-refractivity contribution is 0.476. The van der Waals surface area contributed by atoms with Gasteiger partial charge >= 0.3 is 0 Å². The summed E-state index contributed by atoms with van der Waals surface area (Å²) in [6.07, 6.45) is 0.564. The largest absolute Gasteiger partial charge is 0.507 e. The number of fused-ring (bicyclic) bond motifs is 1. The summed E-state index contributed by atoms with van der Waals surface area (Å²) in [5, 5.41) is 10.7. The van der Waals surface area contributed by atoms with E-state index in [1.807, 2.05) is 36.4 Å². The van der Waals surface area contributed by atoms with Crippen molar-refractivity contribution in [1.82, 2.24) is 9.55 Å². The van der Waals surface area contributed by atoms with E-state index in [0.717, 1.165) is 16.7 Å². The number of halogens is 1. The van der Waals surface area contributed by atoms with E-state index in [1.165, 1.54) is 22.8 Å². The van der Waals surface area contributed by atoms with E-state index in [0.29, 0.717) is 29.9 Å². The second-order valence-corrected chi connectivity index (χ2v) is 7.84. The molecule has 1 aromatic heterocycles. The zero-order valence-electron chi connectivity index (χ0n) is 17.8. The molecule has 1 heterocycles. The van der Waals surface area contributed by atoms with Gasteiger partial charge in [-0.2, -0.15) is 0 Å². The Morgan fingerprint density at radius 3 is 2.30 bits per heavy atom. The fourth-order valence-electron chi connectivity index (χ4n) is 4.14. The minimum absolute atomic E-state index is 0.0318. The lowest BCUT2D eigenvalue weighted by atomic mass is 9.97. The zero-order chi connectivity index (χ0) is 22.8. The Hall–Kier alpha value is -4.25. The number of hydrogen-bond acceptors (Lipinski definition) is 3. The van der Waals surface area contributed by atoms with Crippen molar-refractivity contribution < 1.29 is 9.50 Å². The molecule has 0 aliphatic carbocycles. The number of phenolic OH excluding ortho intramolecular Hbond substituents is 1. The Labute approximate surface area is 190 Å². The van der Waals surface area contributed by atoms with Crippen LogP contribution in [0.4, 0.5) is 4.39 Å². The predicted molar refractivity (Wildman–Crippen MR) is 129 cm³/mol. The molecule has 5 rings (SSSR count). The Morgan fingerprint density at radius 2 is 1.52 bits per heavy atom. The molecule has 0 saturated heterocycles. The van der Waals surface area contributed by atoms with Crippen LogP contribution in [0.5, 0.6) is 5.75 Å². The van der Waals surface area contributed by atoms with Crippen LogP contribution < -0.4 is 5.56 Å². The summed E-state index contributed by atoms with van der Waals surface area (Å²) in [6, 6.07) is 28.9. The number of aromatic nitrogens is 2. The van der Waals surface area contributed by atoms with E-state index >= 15 is 0 Å². The van der Waals surface area contributed by atoms with Crippen LogP contribution in [0.3, 0.4) is 0 Å². The molecule has 0 spiro atoms. The maximum atomic E-state index is 13.9. The summed E-state index contributed by atoms with van der Waals surface area (Å²) < 4.78 is 15.4. The van der Waals surface area contributed by atoms with Crippen molar-refractivity contribution >= 4 is 10.9 Å². The van der Waals surface area contributed by atoms with Crippen LogP contribution in [0, 0.1) is 5.82 Å². The SMILES string of the molecule is O=c1c2cc(F)ccc2nc(-c2ccccc2O)n1CCc1ccccc1-c1ccccc1. The second-order valence-electron chi connectivity index (χ2n) is 7.84. The van der Waals surface area contributed by atoms with E-state index in [4.69, 9.17) is 0 Å². The molecule has 0 saturated carbocycles. The normalized spacial score (nSPS) is 11.1. The Kier molecular flexibility index (Phi) is 5.45. The van der Waals surface area contributed by atoms with Gasteiger partial charge in [0, 0.05) is 6.54 Å². The summed E-state index contributed by atoms with van der Waals surface area (Å²) in [5.74, 6) is -0.101. The quantitative estimate of drug-likeness (QED) is 0.378. The Bertz CT molecular complexity index is 1510. The van der Waals surface area contributed by atoms with Gasteiger partial charge in [-0.15, -0.1) is 0 Å². The number of nitrogens with zero attached hydrogens (tertiary/aromatic N) is 2. The highest BCUT2D eigenvalue weighted by atomic mass is 19.1. The van der Waals surface area contributed by atoms with E-state index in [-0.39, 0.29) is 16.7 Å². The molecular formula is C28H21FN2O2. The zero-order valence-corrected chi connectivity index (χ0v) is 17.8. The number of hydrogen-bond donors (Lipinski definition) is 1. The first-order valence-corrected chi connectivity index (χ1v) is 10.7. The van der Waals surface area contributed by atoms with Gasteiger partial charge in [0.15, 0.2) is 0 Å². The molecule has 0 atom stereocenters. The number of para-hydroxylation sites is 1. The number of benzene rings is 4. The van der Waals surface area contributed by atoms with Gasteiger partial charge in [0.25, 0.3) is 5.56 Å². The molecule has 0 bridgehead atoms. The number of aryl methyl sites for hydroxylation is 1. The minimum Gasteiger partial charge on any atom is -0.507 e. The molecule has 5 heteroatoms. The van der Waals surface area contributed by atoms with Gasteiger partial charge in [0.05, 0.1) is 16.5 Å². The summed E-state index contributed by atoms with van der Waals surface area (Å²) in [5.41, 5.74) is 3.78. The average Bonchev–Trinajstić information content (AvgIpc) is 2.85. The Morgan fingerprint density at radius 1 is 0.818 bits per heavy atom. The van der Waals surface area contributed by atoms with Gasteiger partial charge in [-0.1, -0.05) is 66.7 Å². The van der Waals surface area contributed by atoms with Crippen LogP contribution in [0.2, 0.25) is 0 Å². The summed E-state index contributed by atoms with van der Waals surface area (Å²) in [7, 11) is 0.